The van der Waals surface area contributed by atoms with Crippen molar-refractivity contribution in [3.63, 3.8) is 0 Å². The first-order chi connectivity index (χ1) is 10.2. The number of rotatable bonds is 4. The molecule has 0 amide bonds. The summed E-state index contributed by atoms with van der Waals surface area (Å²) < 4.78 is 2.27. The van der Waals surface area contributed by atoms with Crippen LogP contribution in [-0.4, -0.2) is 32.7 Å². The van der Waals surface area contributed by atoms with Crippen molar-refractivity contribution in [2.45, 2.75) is 45.3 Å². The number of hydrogen-bond donors (Lipinski definition) is 1. The summed E-state index contributed by atoms with van der Waals surface area (Å²) in [6.45, 7) is 6.41. The molecule has 0 saturated carbocycles. The van der Waals surface area contributed by atoms with E-state index in [2.05, 4.69) is 39.5 Å². The lowest BCUT2D eigenvalue weighted by Crippen LogP contribution is -2.35. The smallest absolute Gasteiger partial charge is 0.185 e. The highest BCUT2D eigenvalue weighted by molar-refractivity contribution is 7.13. The first kappa shape index (κ1) is 14.5. The Balaban J connectivity index is 1.77. The van der Waals surface area contributed by atoms with Crippen molar-refractivity contribution >= 4 is 16.5 Å². The summed E-state index contributed by atoms with van der Waals surface area (Å²) in [5, 5.41) is 12.1. The lowest BCUT2D eigenvalue weighted by Gasteiger charge is -2.32. The van der Waals surface area contributed by atoms with Crippen molar-refractivity contribution in [2.24, 2.45) is 0 Å². The van der Waals surface area contributed by atoms with Crippen LogP contribution in [0.25, 0.3) is 0 Å². The molecule has 0 spiro atoms. The summed E-state index contributed by atoms with van der Waals surface area (Å²) in [4.78, 5) is 11.4. The van der Waals surface area contributed by atoms with E-state index in [1.54, 1.807) is 11.3 Å². The van der Waals surface area contributed by atoms with Gasteiger partial charge in [0, 0.05) is 42.8 Å². The highest BCUT2D eigenvalue weighted by Crippen LogP contribution is 2.31. The Hall–Kier alpha value is -1.40. The molecule has 1 aliphatic heterocycles. The molecule has 1 N–H and O–H groups in total. The third kappa shape index (κ3) is 2.96. The highest BCUT2D eigenvalue weighted by Gasteiger charge is 2.26. The number of anilines is 1. The Morgan fingerprint density at radius 3 is 3.05 bits per heavy atom. The molecule has 114 valence electrons. The van der Waals surface area contributed by atoms with Crippen molar-refractivity contribution in [2.75, 3.05) is 18.0 Å². The van der Waals surface area contributed by atoms with Crippen LogP contribution in [0, 0.1) is 0 Å². The number of piperidine rings is 1. The number of aliphatic hydroxyl groups is 1. The van der Waals surface area contributed by atoms with Crippen LogP contribution in [0.15, 0.2) is 17.8 Å². The van der Waals surface area contributed by atoms with Crippen LogP contribution >= 0.6 is 11.3 Å². The van der Waals surface area contributed by atoms with Crippen LogP contribution in [0.1, 0.15) is 50.2 Å². The zero-order valence-corrected chi connectivity index (χ0v) is 13.4. The van der Waals surface area contributed by atoms with Gasteiger partial charge in [-0.1, -0.05) is 0 Å². The van der Waals surface area contributed by atoms with E-state index < -0.39 is 0 Å². The highest BCUT2D eigenvalue weighted by atomic mass is 32.1. The van der Waals surface area contributed by atoms with Gasteiger partial charge in [0.1, 0.15) is 5.82 Å². The minimum Gasteiger partial charge on any atom is -0.390 e. The standard InChI is InChI=1S/C15H22N4OS/c1-11(2)19-7-5-16-14(19)12-4-3-6-18(8-12)15-17-13(9-20)10-21-15/h5,7,10-12,20H,3-4,6,8-9H2,1-2H3/t12-/m0/s1. The molecule has 3 rings (SSSR count). The maximum Gasteiger partial charge on any atom is 0.185 e. The average molecular weight is 306 g/mol. The van der Waals surface area contributed by atoms with Crippen molar-refractivity contribution in [1.29, 1.82) is 0 Å². The van der Waals surface area contributed by atoms with E-state index in [4.69, 9.17) is 5.11 Å². The van der Waals surface area contributed by atoms with Gasteiger partial charge in [-0.25, -0.2) is 9.97 Å². The predicted octanol–water partition coefficient (Wildman–Crippen LogP) is 2.80. The summed E-state index contributed by atoms with van der Waals surface area (Å²) in [6.07, 6.45) is 6.32. The molecule has 0 bridgehead atoms. The van der Waals surface area contributed by atoms with Crippen LogP contribution in [0.2, 0.25) is 0 Å². The van der Waals surface area contributed by atoms with Gasteiger partial charge in [0.05, 0.1) is 12.3 Å². The first-order valence-corrected chi connectivity index (χ1v) is 8.40. The fourth-order valence-electron chi connectivity index (χ4n) is 2.95. The molecule has 1 saturated heterocycles. The average Bonchev–Trinajstić information content (AvgIpc) is 3.16. The molecule has 2 aromatic rings. The molecule has 1 aliphatic rings. The Labute approximate surface area is 129 Å². The third-order valence-corrected chi connectivity index (χ3v) is 4.96. The number of aromatic nitrogens is 3. The molecule has 0 unspecified atom stereocenters. The molecule has 21 heavy (non-hydrogen) atoms. The van der Waals surface area contributed by atoms with E-state index in [1.165, 1.54) is 12.2 Å². The second kappa shape index (κ2) is 6.15. The van der Waals surface area contributed by atoms with Crippen LogP contribution in [-0.2, 0) is 6.61 Å². The lowest BCUT2D eigenvalue weighted by molar-refractivity contribution is 0.277. The predicted molar refractivity (Wildman–Crippen MR) is 84.8 cm³/mol. The summed E-state index contributed by atoms with van der Waals surface area (Å²) in [5.41, 5.74) is 0.765. The Bertz CT molecular complexity index is 592. The zero-order chi connectivity index (χ0) is 14.8. The molecule has 2 aromatic heterocycles. The summed E-state index contributed by atoms with van der Waals surface area (Å²) in [7, 11) is 0. The van der Waals surface area contributed by atoms with Gasteiger partial charge >= 0.3 is 0 Å². The molecule has 1 fully saturated rings. The largest absolute Gasteiger partial charge is 0.390 e. The van der Waals surface area contributed by atoms with E-state index in [1.807, 2.05) is 11.6 Å². The number of nitrogens with zero attached hydrogens (tertiary/aromatic N) is 4. The van der Waals surface area contributed by atoms with Gasteiger partial charge in [-0.15, -0.1) is 11.3 Å². The Morgan fingerprint density at radius 1 is 1.48 bits per heavy atom. The summed E-state index contributed by atoms with van der Waals surface area (Å²) >= 11 is 1.62. The fraction of sp³-hybridized carbons (Fsp3) is 0.600. The number of imidazole rings is 1. The Morgan fingerprint density at radius 2 is 2.33 bits per heavy atom. The molecular formula is C15H22N4OS. The molecule has 6 heteroatoms. The Kier molecular flexibility index (Phi) is 4.26. The monoisotopic (exact) mass is 306 g/mol. The normalized spacial score (nSPS) is 19.4. The molecule has 5 nitrogen and oxygen atoms in total. The number of aliphatic hydroxyl groups excluding tert-OH is 1. The maximum atomic E-state index is 9.16. The quantitative estimate of drug-likeness (QED) is 0.943. The van der Waals surface area contributed by atoms with Crippen molar-refractivity contribution in [3.8, 4) is 0 Å². The van der Waals surface area contributed by atoms with Gasteiger partial charge in [0.2, 0.25) is 0 Å². The van der Waals surface area contributed by atoms with Crippen LogP contribution in [0.5, 0.6) is 0 Å². The van der Waals surface area contributed by atoms with Crippen molar-refractivity contribution in [1.82, 2.24) is 14.5 Å². The van der Waals surface area contributed by atoms with Crippen molar-refractivity contribution in [3.05, 3.63) is 29.3 Å². The molecule has 0 aliphatic carbocycles. The summed E-state index contributed by atoms with van der Waals surface area (Å²) in [5.74, 6) is 1.64. The molecule has 0 aromatic carbocycles. The minimum absolute atomic E-state index is 0.0194. The maximum absolute atomic E-state index is 9.16. The summed E-state index contributed by atoms with van der Waals surface area (Å²) in [6, 6.07) is 0.443. The van der Waals surface area contributed by atoms with Gasteiger partial charge in [-0.3, -0.25) is 0 Å². The molecule has 0 radical (unpaired) electrons. The van der Waals surface area contributed by atoms with Gasteiger partial charge in [-0.2, -0.15) is 0 Å². The van der Waals surface area contributed by atoms with E-state index in [0.29, 0.717) is 12.0 Å². The lowest BCUT2D eigenvalue weighted by atomic mass is 9.97. The fourth-order valence-corrected chi connectivity index (χ4v) is 3.81. The second-order valence-electron chi connectivity index (χ2n) is 5.85. The van der Waals surface area contributed by atoms with Crippen LogP contribution in [0.3, 0.4) is 0 Å². The van der Waals surface area contributed by atoms with Crippen molar-refractivity contribution < 1.29 is 5.11 Å². The van der Waals surface area contributed by atoms with E-state index in [0.717, 1.165) is 30.3 Å². The SMILES string of the molecule is CC(C)n1ccnc1[C@H]1CCCN(c2nc(CO)cs2)C1. The third-order valence-electron chi connectivity index (χ3n) is 4.01. The van der Waals surface area contributed by atoms with E-state index >= 15 is 0 Å². The second-order valence-corrected chi connectivity index (χ2v) is 6.69. The molecule has 3 heterocycles. The first-order valence-electron chi connectivity index (χ1n) is 7.52. The number of thiazole rings is 1. The van der Waals surface area contributed by atoms with Gasteiger partial charge in [-0.05, 0) is 26.7 Å². The molecule has 1 atom stereocenters. The van der Waals surface area contributed by atoms with Gasteiger partial charge in [0.25, 0.3) is 0 Å². The minimum atomic E-state index is 0.0194. The van der Waals surface area contributed by atoms with E-state index in [-0.39, 0.29) is 6.61 Å². The topological polar surface area (TPSA) is 54.2 Å². The molecular weight excluding hydrogens is 284 g/mol. The number of hydrogen-bond acceptors (Lipinski definition) is 5. The van der Waals surface area contributed by atoms with Gasteiger partial charge in [0.15, 0.2) is 5.13 Å². The van der Waals surface area contributed by atoms with Gasteiger partial charge < -0.3 is 14.6 Å². The van der Waals surface area contributed by atoms with E-state index in [9.17, 15) is 0 Å². The van der Waals surface area contributed by atoms with Crippen LogP contribution < -0.4 is 4.90 Å². The zero-order valence-electron chi connectivity index (χ0n) is 12.6. The van der Waals surface area contributed by atoms with Crippen LogP contribution in [0.4, 0.5) is 5.13 Å².